The van der Waals surface area contributed by atoms with Gasteiger partial charge in [-0.3, -0.25) is 0 Å². The molecule has 0 spiro atoms. The number of anilines is 1. The van der Waals surface area contributed by atoms with Gasteiger partial charge in [0.15, 0.2) is 0 Å². The number of hydrogen-bond acceptors (Lipinski definition) is 1. The molecular formula is C17H28NOP. The van der Waals surface area contributed by atoms with E-state index in [9.17, 15) is 4.79 Å². The van der Waals surface area contributed by atoms with Gasteiger partial charge in [0.2, 0.25) is 0 Å². The summed E-state index contributed by atoms with van der Waals surface area (Å²) in [4.78, 5) is 12.6. The number of nitrogens with one attached hydrogen (secondary N) is 1. The van der Waals surface area contributed by atoms with Crippen LogP contribution in [0.2, 0.25) is 0 Å². The Balaban J connectivity index is 2.11. The summed E-state index contributed by atoms with van der Waals surface area (Å²) in [5.74, 6) is 0.235. The second kappa shape index (κ2) is 6.26. The van der Waals surface area contributed by atoms with Crippen molar-refractivity contribution in [1.29, 1.82) is 0 Å². The normalized spacial score (nSPS) is 21.0. The minimum absolute atomic E-state index is 0.210. The third kappa shape index (κ3) is 3.23. The Kier molecular flexibility index (Phi) is 4.86. The van der Waals surface area contributed by atoms with Crippen molar-refractivity contribution >= 4 is 18.9 Å². The molecule has 3 heteroatoms. The molecular weight excluding hydrogens is 265 g/mol. The fraction of sp³-hybridized carbons (Fsp3) is 0.588. The first-order valence-electron chi connectivity index (χ1n) is 7.81. The molecule has 0 aliphatic carbocycles. The van der Waals surface area contributed by atoms with E-state index in [1.54, 1.807) is 0 Å². The Morgan fingerprint density at radius 3 is 2.25 bits per heavy atom. The first-order chi connectivity index (χ1) is 9.44. The molecule has 1 aliphatic heterocycles. The van der Waals surface area contributed by atoms with Crippen molar-refractivity contribution in [3.8, 4) is 0 Å². The van der Waals surface area contributed by atoms with Crippen LogP contribution in [-0.4, -0.2) is 30.6 Å². The number of hydrogen-bond donors (Lipinski definition) is 1. The third-order valence-electron chi connectivity index (χ3n) is 5.16. The van der Waals surface area contributed by atoms with Crippen LogP contribution < -0.4 is 5.32 Å². The van der Waals surface area contributed by atoms with Crippen molar-refractivity contribution in [2.24, 2.45) is 0 Å². The predicted octanol–water partition coefficient (Wildman–Crippen LogP) is 4.19. The molecule has 1 aromatic rings. The molecule has 112 valence electrons. The van der Waals surface area contributed by atoms with Crippen molar-refractivity contribution in [3.63, 3.8) is 0 Å². The van der Waals surface area contributed by atoms with Crippen LogP contribution >= 0.6 is 7.26 Å². The van der Waals surface area contributed by atoms with Gasteiger partial charge in [-0.05, 0) is 0 Å². The SMILES string of the molecule is Cc1cccc(C)c1NC(=O)C(C)[PH]1(C)CCCCC1. The number of aryl methyl sites for hydroxylation is 2. The van der Waals surface area contributed by atoms with Gasteiger partial charge in [-0.2, -0.15) is 0 Å². The van der Waals surface area contributed by atoms with E-state index in [0.29, 0.717) is 0 Å². The Morgan fingerprint density at radius 2 is 1.70 bits per heavy atom. The maximum atomic E-state index is 12.6. The molecule has 0 aromatic heterocycles. The molecule has 1 saturated heterocycles. The van der Waals surface area contributed by atoms with Gasteiger partial charge in [-0.15, -0.1) is 0 Å². The molecule has 1 aromatic carbocycles. The third-order valence-corrected chi connectivity index (χ3v) is 10.5. The number of carbonyl (C=O) groups excluding carboxylic acids is 1. The predicted molar refractivity (Wildman–Crippen MR) is 91.8 cm³/mol. The van der Waals surface area contributed by atoms with Crippen LogP contribution in [0.25, 0.3) is 0 Å². The second-order valence-electron chi connectivity index (χ2n) is 6.69. The zero-order chi connectivity index (χ0) is 14.8. The van der Waals surface area contributed by atoms with Crippen LogP contribution in [-0.2, 0) is 4.79 Å². The van der Waals surface area contributed by atoms with Crippen LogP contribution in [0.4, 0.5) is 5.69 Å². The molecule has 2 rings (SSSR count). The number of carbonyl (C=O) groups is 1. The quantitative estimate of drug-likeness (QED) is 0.832. The summed E-state index contributed by atoms with van der Waals surface area (Å²) in [6.07, 6.45) is 6.63. The molecule has 1 N–H and O–H groups in total. The van der Waals surface area contributed by atoms with E-state index in [1.807, 2.05) is 6.07 Å². The van der Waals surface area contributed by atoms with Gasteiger partial charge < -0.3 is 0 Å². The minimum atomic E-state index is -1.40. The molecule has 0 bridgehead atoms. The molecule has 1 unspecified atom stereocenters. The molecule has 0 radical (unpaired) electrons. The maximum absolute atomic E-state index is 12.6. The van der Waals surface area contributed by atoms with Gasteiger partial charge in [-0.25, -0.2) is 0 Å². The van der Waals surface area contributed by atoms with Gasteiger partial charge in [0.25, 0.3) is 0 Å². The Morgan fingerprint density at radius 1 is 1.15 bits per heavy atom. The van der Waals surface area contributed by atoms with E-state index in [4.69, 9.17) is 0 Å². The second-order valence-corrected chi connectivity index (χ2v) is 11.9. The van der Waals surface area contributed by atoms with Crippen LogP contribution in [0.1, 0.15) is 37.3 Å². The summed E-state index contributed by atoms with van der Waals surface area (Å²) in [6.45, 7) is 8.70. The first kappa shape index (κ1) is 15.5. The summed E-state index contributed by atoms with van der Waals surface area (Å²) in [5, 5.41) is 3.20. The number of amides is 1. The molecule has 0 saturated carbocycles. The number of para-hydroxylation sites is 1. The van der Waals surface area contributed by atoms with Gasteiger partial charge in [0.05, 0.1) is 0 Å². The van der Waals surface area contributed by atoms with Crippen molar-refractivity contribution in [1.82, 2.24) is 0 Å². The van der Waals surface area contributed by atoms with Gasteiger partial charge in [-0.1, -0.05) is 0 Å². The van der Waals surface area contributed by atoms with Crippen molar-refractivity contribution < 1.29 is 4.79 Å². The zero-order valence-corrected chi connectivity index (χ0v) is 14.3. The van der Waals surface area contributed by atoms with E-state index in [0.717, 1.165) is 16.8 Å². The van der Waals surface area contributed by atoms with Crippen LogP contribution in [0.15, 0.2) is 18.2 Å². The molecule has 1 atom stereocenters. The van der Waals surface area contributed by atoms with Crippen molar-refractivity contribution in [2.45, 2.75) is 45.7 Å². The number of benzene rings is 1. The molecule has 1 amide bonds. The van der Waals surface area contributed by atoms with E-state index in [1.165, 1.54) is 31.6 Å². The topological polar surface area (TPSA) is 29.1 Å². The monoisotopic (exact) mass is 293 g/mol. The van der Waals surface area contributed by atoms with Gasteiger partial charge in [0.1, 0.15) is 0 Å². The van der Waals surface area contributed by atoms with E-state index >= 15 is 0 Å². The summed E-state index contributed by atoms with van der Waals surface area (Å²) in [7, 11) is -1.40. The summed E-state index contributed by atoms with van der Waals surface area (Å²) in [5.41, 5.74) is 3.53. The molecule has 1 aliphatic rings. The Labute approximate surface area is 123 Å². The summed E-state index contributed by atoms with van der Waals surface area (Å²) < 4.78 is 0. The molecule has 1 heterocycles. The average molecular weight is 293 g/mol. The molecule has 2 nitrogen and oxygen atoms in total. The van der Waals surface area contributed by atoms with Crippen LogP contribution in [0.5, 0.6) is 0 Å². The molecule has 1 fully saturated rings. The fourth-order valence-electron chi connectivity index (χ4n) is 3.35. The van der Waals surface area contributed by atoms with Crippen molar-refractivity contribution in [3.05, 3.63) is 29.3 Å². The fourth-order valence-corrected chi connectivity index (χ4v) is 7.29. The molecule has 20 heavy (non-hydrogen) atoms. The first-order valence-corrected chi connectivity index (χ1v) is 10.8. The van der Waals surface area contributed by atoms with Crippen LogP contribution in [0, 0.1) is 13.8 Å². The summed E-state index contributed by atoms with van der Waals surface area (Å²) in [6, 6.07) is 6.17. The number of rotatable bonds is 3. The van der Waals surface area contributed by atoms with Crippen LogP contribution in [0.3, 0.4) is 0 Å². The van der Waals surface area contributed by atoms with Gasteiger partial charge in [0, 0.05) is 0 Å². The summed E-state index contributed by atoms with van der Waals surface area (Å²) >= 11 is 0. The van der Waals surface area contributed by atoms with Crippen molar-refractivity contribution in [2.75, 3.05) is 24.3 Å². The Bertz CT molecular complexity index is 472. The average Bonchev–Trinajstić information content (AvgIpc) is 2.43. The van der Waals surface area contributed by atoms with E-state index in [-0.39, 0.29) is 11.6 Å². The van der Waals surface area contributed by atoms with E-state index in [2.05, 4.69) is 44.9 Å². The Hall–Kier alpha value is -0.880. The van der Waals surface area contributed by atoms with E-state index < -0.39 is 7.26 Å². The standard InChI is InChI=1S/C17H28NOP/c1-13-9-8-10-14(2)16(13)18-17(19)15(3)20(4)11-6-5-7-12-20/h8-10,15,20H,5-7,11-12H2,1-4H3,(H,18,19). The zero-order valence-electron chi connectivity index (χ0n) is 13.3. The van der Waals surface area contributed by atoms with Gasteiger partial charge >= 0.3 is 123 Å².